The number of rotatable bonds is 9. The lowest BCUT2D eigenvalue weighted by Gasteiger charge is -2.25. The molecule has 0 aliphatic heterocycles. The van der Waals surface area contributed by atoms with E-state index >= 15 is 0 Å². The fourth-order valence-electron chi connectivity index (χ4n) is 2.23. The molecule has 0 aliphatic rings. The van der Waals surface area contributed by atoms with Gasteiger partial charge in [-0.2, -0.15) is 0 Å². The second-order valence-electron chi connectivity index (χ2n) is 5.63. The van der Waals surface area contributed by atoms with Gasteiger partial charge in [-0.15, -0.1) is 0 Å². The smallest absolute Gasteiger partial charge is 0.0589 e. The largest absolute Gasteiger partial charge is 0.383 e. The van der Waals surface area contributed by atoms with Crippen LogP contribution < -0.4 is 5.73 Å². The molecule has 1 aromatic rings. The first-order valence-electron chi connectivity index (χ1n) is 7.25. The topological polar surface area (TPSA) is 38.5 Å². The molecule has 4 heteroatoms. The van der Waals surface area contributed by atoms with E-state index in [2.05, 4.69) is 18.7 Å². The van der Waals surface area contributed by atoms with Crippen LogP contribution >= 0.6 is 11.6 Å². The lowest BCUT2D eigenvalue weighted by atomic mass is 10.0. The molecule has 0 spiro atoms. The van der Waals surface area contributed by atoms with Crippen LogP contribution in [0.4, 0.5) is 0 Å². The van der Waals surface area contributed by atoms with E-state index in [0.717, 1.165) is 43.2 Å². The molecular weight excluding hydrogens is 272 g/mol. The van der Waals surface area contributed by atoms with Crippen LogP contribution in [0.15, 0.2) is 24.3 Å². The van der Waals surface area contributed by atoms with Crippen molar-refractivity contribution in [3.05, 3.63) is 34.9 Å². The second-order valence-corrected chi connectivity index (χ2v) is 6.07. The molecule has 0 aliphatic carbocycles. The number of benzene rings is 1. The van der Waals surface area contributed by atoms with Crippen LogP contribution in [0.5, 0.6) is 0 Å². The Labute approximate surface area is 128 Å². The highest BCUT2D eigenvalue weighted by Crippen LogP contribution is 2.17. The van der Waals surface area contributed by atoms with Gasteiger partial charge in [-0.3, -0.25) is 0 Å². The Morgan fingerprint density at radius 3 is 2.40 bits per heavy atom. The van der Waals surface area contributed by atoms with Crippen LogP contribution in [0.2, 0.25) is 5.02 Å². The SMILES string of the molecule is COCCN(CCC(N)c1ccc(Cl)cc1)CC(C)C. The predicted octanol–water partition coefficient (Wildman–Crippen LogP) is 3.33. The zero-order chi connectivity index (χ0) is 15.0. The summed E-state index contributed by atoms with van der Waals surface area (Å²) in [4.78, 5) is 2.42. The maximum atomic E-state index is 6.25. The third kappa shape index (κ3) is 6.71. The van der Waals surface area contributed by atoms with Gasteiger partial charge in [0.05, 0.1) is 6.61 Å². The van der Waals surface area contributed by atoms with Gasteiger partial charge in [0.25, 0.3) is 0 Å². The molecule has 0 fully saturated rings. The average Bonchev–Trinajstić information content (AvgIpc) is 2.41. The highest BCUT2D eigenvalue weighted by Gasteiger charge is 2.11. The predicted molar refractivity (Wildman–Crippen MR) is 86.2 cm³/mol. The molecular formula is C16H27ClN2O. The van der Waals surface area contributed by atoms with Crippen LogP contribution in [-0.4, -0.2) is 38.3 Å². The second kappa shape index (κ2) is 9.35. The molecule has 0 radical (unpaired) electrons. The van der Waals surface area contributed by atoms with E-state index in [-0.39, 0.29) is 6.04 Å². The summed E-state index contributed by atoms with van der Waals surface area (Å²) in [5.41, 5.74) is 7.40. The molecule has 1 atom stereocenters. The Kier molecular flexibility index (Phi) is 8.15. The lowest BCUT2D eigenvalue weighted by molar-refractivity contribution is 0.138. The minimum Gasteiger partial charge on any atom is -0.383 e. The Bertz CT molecular complexity index is 367. The number of halogens is 1. The Hall–Kier alpha value is -0.610. The van der Waals surface area contributed by atoms with Crippen molar-refractivity contribution in [2.24, 2.45) is 11.7 Å². The van der Waals surface area contributed by atoms with Crippen LogP contribution in [0, 0.1) is 5.92 Å². The molecule has 114 valence electrons. The van der Waals surface area contributed by atoms with E-state index in [1.54, 1.807) is 7.11 Å². The number of methoxy groups -OCH3 is 1. The minimum absolute atomic E-state index is 0.0597. The summed E-state index contributed by atoms with van der Waals surface area (Å²) >= 11 is 5.90. The molecule has 0 bridgehead atoms. The van der Waals surface area contributed by atoms with Gasteiger partial charge in [0.15, 0.2) is 0 Å². The van der Waals surface area contributed by atoms with Gasteiger partial charge in [0.2, 0.25) is 0 Å². The molecule has 2 N–H and O–H groups in total. The van der Waals surface area contributed by atoms with Crippen LogP contribution in [0.25, 0.3) is 0 Å². The Morgan fingerprint density at radius 2 is 1.85 bits per heavy atom. The highest BCUT2D eigenvalue weighted by molar-refractivity contribution is 6.30. The van der Waals surface area contributed by atoms with E-state index in [1.807, 2.05) is 24.3 Å². The first-order chi connectivity index (χ1) is 9.52. The number of nitrogens with zero attached hydrogens (tertiary/aromatic N) is 1. The summed E-state index contributed by atoms with van der Waals surface area (Å²) in [6, 6.07) is 7.87. The standard InChI is InChI=1S/C16H27ClN2O/c1-13(2)12-19(10-11-20-3)9-8-16(18)14-4-6-15(17)7-5-14/h4-7,13,16H,8-12,18H2,1-3H3. The molecule has 0 saturated carbocycles. The van der Waals surface area contributed by atoms with Crippen molar-refractivity contribution in [2.75, 3.05) is 33.4 Å². The van der Waals surface area contributed by atoms with E-state index in [4.69, 9.17) is 22.1 Å². The first-order valence-corrected chi connectivity index (χ1v) is 7.63. The van der Waals surface area contributed by atoms with Crippen molar-refractivity contribution in [1.29, 1.82) is 0 Å². The summed E-state index contributed by atoms with van der Waals surface area (Å²) in [5.74, 6) is 0.651. The van der Waals surface area contributed by atoms with Crippen LogP contribution in [0.1, 0.15) is 31.9 Å². The zero-order valence-corrected chi connectivity index (χ0v) is 13.6. The number of nitrogens with two attached hydrogens (primary N) is 1. The fourth-order valence-corrected chi connectivity index (χ4v) is 2.36. The maximum Gasteiger partial charge on any atom is 0.0589 e. The van der Waals surface area contributed by atoms with E-state index in [9.17, 15) is 0 Å². The van der Waals surface area contributed by atoms with E-state index in [0.29, 0.717) is 5.92 Å². The van der Waals surface area contributed by atoms with Gasteiger partial charge in [0, 0.05) is 37.8 Å². The van der Waals surface area contributed by atoms with Gasteiger partial charge in [-0.1, -0.05) is 37.6 Å². The van der Waals surface area contributed by atoms with E-state index in [1.165, 1.54) is 0 Å². The van der Waals surface area contributed by atoms with Gasteiger partial charge in [-0.05, 0) is 30.0 Å². The molecule has 1 rings (SSSR count). The minimum atomic E-state index is 0.0597. The normalized spacial score (nSPS) is 13.2. The summed E-state index contributed by atoms with van der Waals surface area (Å²) in [6.45, 7) is 8.27. The quantitative estimate of drug-likeness (QED) is 0.760. The number of hydrogen-bond acceptors (Lipinski definition) is 3. The van der Waals surface area contributed by atoms with Crippen molar-refractivity contribution in [2.45, 2.75) is 26.3 Å². The third-order valence-corrected chi connectivity index (χ3v) is 3.54. The van der Waals surface area contributed by atoms with Crippen molar-refractivity contribution in [3.8, 4) is 0 Å². The molecule has 20 heavy (non-hydrogen) atoms. The Balaban J connectivity index is 2.46. The van der Waals surface area contributed by atoms with Crippen molar-refractivity contribution in [3.63, 3.8) is 0 Å². The Morgan fingerprint density at radius 1 is 1.20 bits per heavy atom. The molecule has 0 amide bonds. The molecule has 1 unspecified atom stereocenters. The van der Waals surface area contributed by atoms with Crippen LogP contribution in [-0.2, 0) is 4.74 Å². The van der Waals surface area contributed by atoms with Gasteiger partial charge in [0.1, 0.15) is 0 Å². The first kappa shape index (κ1) is 17.4. The summed E-state index contributed by atoms with van der Waals surface area (Å²) < 4.78 is 5.17. The zero-order valence-electron chi connectivity index (χ0n) is 12.8. The van der Waals surface area contributed by atoms with Gasteiger partial charge >= 0.3 is 0 Å². The van der Waals surface area contributed by atoms with Crippen molar-refractivity contribution >= 4 is 11.6 Å². The van der Waals surface area contributed by atoms with Gasteiger partial charge < -0.3 is 15.4 Å². The monoisotopic (exact) mass is 298 g/mol. The average molecular weight is 299 g/mol. The molecule has 1 aromatic carbocycles. The van der Waals surface area contributed by atoms with Gasteiger partial charge in [-0.25, -0.2) is 0 Å². The number of hydrogen-bond donors (Lipinski definition) is 1. The molecule has 3 nitrogen and oxygen atoms in total. The third-order valence-electron chi connectivity index (χ3n) is 3.29. The van der Waals surface area contributed by atoms with Crippen LogP contribution in [0.3, 0.4) is 0 Å². The van der Waals surface area contributed by atoms with Crippen molar-refractivity contribution in [1.82, 2.24) is 4.90 Å². The molecule has 0 saturated heterocycles. The maximum absolute atomic E-state index is 6.25. The lowest BCUT2D eigenvalue weighted by Crippen LogP contribution is -2.33. The summed E-state index contributed by atoms with van der Waals surface area (Å²) in [6.07, 6.45) is 0.943. The summed E-state index contributed by atoms with van der Waals surface area (Å²) in [7, 11) is 1.74. The van der Waals surface area contributed by atoms with E-state index < -0.39 is 0 Å². The highest BCUT2D eigenvalue weighted by atomic mass is 35.5. The summed E-state index contributed by atoms with van der Waals surface area (Å²) in [5, 5.41) is 0.752. The molecule has 0 heterocycles. The molecule has 0 aromatic heterocycles. The number of ether oxygens (including phenoxy) is 1. The van der Waals surface area contributed by atoms with Crippen molar-refractivity contribution < 1.29 is 4.74 Å². The fraction of sp³-hybridized carbons (Fsp3) is 0.625.